The molecule has 0 aromatic heterocycles. The first-order valence-electron chi connectivity index (χ1n) is 9.94. The number of hydrogen-bond donors (Lipinski definition) is 0. The third-order valence-electron chi connectivity index (χ3n) is 5.95. The standard InChI is InChI=1S/C24H24ClNO2/c1-3-16-10-12-17(13-11-16)18-14-23(28)26(20-7-4-6-19(25)15(20)2)21-8-5-9-22(27)24(18)21/h4,6-7,10-13,18H,3,5,8-9,14H2,1-2H3. The van der Waals surface area contributed by atoms with Gasteiger partial charge in [0.1, 0.15) is 0 Å². The number of carbonyl (C=O) groups is 2. The Morgan fingerprint density at radius 3 is 2.54 bits per heavy atom. The molecular weight excluding hydrogens is 370 g/mol. The molecule has 28 heavy (non-hydrogen) atoms. The van der Waals surface area contributed by atoms with E-state index in [1.165, 1.54) is 5.56 Å². The van der Waals surface area contributed by atoms with Crippen molar-refractivity contribution < 1.29 is 9.59 Å². The first-order chi connectivity index (χ1) is 13.5. The summed E-state index contributed by atoms with van der Waals surface area (Å²) in [7, 11) is 0. The number of anilines is 1. The molecule has 0 N–H and O–H groups in total. The molecule has 4 heteroatoms. The van der Waals surface area contributed by atoms with Gasteiger partial charge in [-0.15, -0.1) is 0 Å². The summed E-state index contributed by atoms with van der Waals surface area (Å²) in [6.07, 6.45) is 3.35. The van der Waals surface area contributed by atoms with Gasteiger partial charge in [-0.3, -0.25) is 14.5 Å². The van der Waals surface area contributed by atoms with Gasteiger partial charge in [-0.05, 0) is 55.0 Å². The monoisotopic (exact) mass is 393 g/mol. The van der Waals surface area contributed by atoms with Crippen LogP contribution in [0.3, 0.4) is 0 Å². The fraction of sp³-hybridized carbons (Fsp3) is 0.333. The fourth-order valence-corrected chi connectivity index (χ4v) is 4.55. The van der Waals surface area contributed by atoms with E-state index in [4.69, 9.17) is 11.6 Å². The van der Waals surface area contributed by atoms with E-state index in [1.54, 1.807) is 4.90 Å². The van der Waals surface area contributed by atoms with Gasteiger partial charge in [-0.25, -0.2) is 0 Å². The highest BCUT2D eigenvalue weighted by Crippen LogP contribution is 2.44. The number of carbonyl (C=O) groups excluding carboxylic acids is 2. The van der Waals surface area contributed by atoms with Gasteiger partial charge in [0.05, 0.1) is 5.69 Å². The van der Waals surface area contributed by atoms with Crippen molar-refractivity contribution in [2.24, 2.45) is 0 Å². The molecule has 1 aliphatic carbocycles. The van der Waals surface area contributed by atoms with Crippen LogP contribution in [0.5, 0.6) is 0 Å². The van der Waals surface area contributed by atoms with E-state index in [9.17, 15) is 9.59 Å². The quantitative estimate of drug-likeness (QED) is 0.666. The molecule has 1 unspecified atom stereocenters. The highest BCUT2D eigenvalue weighted by molar-refractivity contribution is 6.31. The Kier molecular flexibility index (Phi) is 5.11. The number of aryl methyl sites for hydroxylation is 1. The number of nitrogens with zero attached hydrogens (tertiary/aromatic N) is 1. The van der Waals surface area contributed by atoms with Crippen LogP contribution in [0.2, 0.25) is 5.02 Å². The summed E-state index contributed by atoms with van der Waals surface area (Å²) in [4.78, 5) is 28.0. The van der Waals surface area contributed by atoms with Gasteiger partial charge in [0.15, 0.2) is 5.78 Å². The number of Topliss-reactive ketones (excluding diaryl/α,β-unsaturated/α-hetero) is 1. The molecule has 1 aliphatic heterocycles. The van der Waals surface area contributed by atoms with Crippen molar-refractivity contribution in [1.82, 2.24) is 0 Å². The van der Waals surface area contributed by atoms with E-state index >= 15 is 0 Å². The molecule has 0 saturated heterocycles. The van der Waals surface area contributed by atoms with Crippen LogP contribution in [0.25, 0.3) is 0 Å². The molecule has 0 fully saturated rings. The van der Waals surface area contributed by atoms with Crippen LogP contribution in [0, 0.1) is 6.92 Å². The molecule has 0 bridgehead atoms. The molecule has 0 spiro atoms. The number of ketones is 1. The summed E-state index contributed by atoms with van der Waals surface area (Å²) in [6, 6.07) is 13.9. The van der Waals surface area contributed by atoms with Gasteiger partial charge >= 0.3 is 0 Å². The van der Waals surface area contributed by atoms with E-state index in [1.807, 2.05) is 25.1 Å². The summed E-state index contributed by atoms with van der Waals surface area (Å²) >= 11 is 6.32. The maximum Gasteiger partial charge on any atom is 0.232 e. The highest BCUT2D eigenvalue weighted by atomic mass is 35.5. The zero-order chi connectivity index (χ0) is 19.8. The van der Waals surface area contributed by atoms with E-state index in [0.717, 1.165) is 47.3 Å². The molecule has 0 radical (unpaired) electrons. The summed E-state index contributed by atoms with van der Waals surface area (Å²) in [5, 5.41) is 0.631. The number of allylic oxidation sites excluding steroid dienone is 2. The molecule has 2 aliphatic rings. The minimum atomic E-state index is -0.156. The second-order valence-electron chi connectivity index (χ2n) is 7.60. The number of halogens is 1. The van der Waals surface area contributed by atoms with Crippen LogP contribution in [0.4, 0.5) is 5.69 Å². The van der Waals surface area contributed by atoms with Gasteiger partial charge in [-0.2, -0.15) is 0 Å². The summed E-state index contributed by atoms with van der Waals surface area (Å²) in [5.74, 6) is 0.0448. The summed E-state index contributed by atoms with van der Waals surface area (Å²) in [6.45, 7) is 4.04. The zero-order valence-electron chi connectivity index (χ0n) is 16.3. The van der Waals surface area contributed by atoms with E-state index in [0.29, 0.717) is 17.9 Å². The van der Waals surface area contributed by atoms with Crippen LogP contribution < -0.4 is 4.90 Å². The Labute approximate surface area is 171 Å². The molecule has 0 saturated carbocycles. The summed E-state index contributed by atoms with van der Waals surface area (Å²) < 4.78 is 0. The molecule has 2 aromatic rings. The van der Waals surface area contributed by atoms with E-state index in [2.05, 4.69) is 31.2 Å². The first kappa shape index (κ1) is 18.9. The minimum Gasteiger partial charge on any atom is -0.294 e. The third kappa shape index (κ3) is 3.18. The normalized spacial score (nSPS) is 19.8. The van der Waals surface area contributed by atoms with E-state index < -0.39 is 0 Å². The van der Waals surface area contributed by atoms with Gasteiger partial charge in [-0.1, -0.05) is 48.9 Å². The van der Waals surface area contributed by atoms with Crippen LogP contribution in [0.15, 0.2) is 53.7 Å². The molecule has 144 valence electrons. The molecule has 2 aromatic carbocycles. The zero-order valence-corrected chi connectivity index (χ0v) is 17.1. The molecule has 1 atom stereocenters. The largest absolute Gasteiger partial charge is 0.294 e. The van der Waals surface area contributed by atoms with Crippen LogP contribution in [-0.4, -0.2) is 11.7 Å². The van der Waals surface area contributed by atoms with Gasteiger partial charge in [0.25, 0.3) is 0 Å². The maximum atomic E-state index is 13.3. The SMILES string of the molecule is CCc1ccc(C2CC(=O)N(c3cccc(Cl)c3C)C3=C2C(=O)CCC3)cc1. The lowest BCUT2D eigenvalue weighted by Crippen LogP contribution is -2.40. The number of amides is 1. The van der Waals surface area contributed by atoms with Crippen molar-refractivity contribution in [3.63, 3.8) is 0 Å². The smallest absolute Gasteiger partial charge is 0.232 e. The third-order valence-corrected chi connectivity index (χ3v) is 6.36. The summed E-state index contributed by atoms with van der Waals surface area (Å²) in [5.41, 5.74) is 5.64. The van der Waals surface area contributed by atoms with Gasteiger partial charge < -0.3 is 0 Å². The molecule has 4 rings (SSSR count). The Balaban J connectivity index is 1.85. The molecule has 3 nitrogen and oxygen atoms in total. The number of benzene rings is 2. The predicted molar refractivity (Wildman–Crippen MR) is 113 cm³/mol. The number of rotatable bonds is 3. The molecular formula is C24H24ClNO2. The Hall–Kier alpha value is -2.39. The molecule has 1 amide bonds. The van der Waals surface area contributed by atoms with Gasteiger partial charge in [0, 0.05) is 35.1 Å². The lowest BCUT2D eigenvalue weighted by Gasteiger charge is -2.39. The van der Waals surface area contributed by atoms with Crippen molar-refractivity contribution in [3.05, 3.63) is 75.4 Å². The highest BCUT2D eigenvalue weighted by Gasteiger charge is 2.40. The van der Waals surface area contributed by atoms with Crippen LogP contribution in [0.1, 0.15) is 55.2 Å². The lowest BCUT2D eigenvalue weighted by atomic mass is 9.77. The minimum absolute atomic E-state index is 0.0309. The maximum absolute atomic E-state index is 13.3. The number of hydrogen-bond acceptors (Lipinski definition) is 2. The van der Waals surface area contributed by atoms with Crippen molar-refractivity contribution in [2.75, 3.05) is 4.90 Å². The first-order valence-corrected chi connectivity index (χ1v) is 10.3. The predicted octanol–water partition coefficient (Wildman–Crippen LogP) is 5.74. The molecule has 1 heterocycles. The fourth-order valence-electron chi connectivity index (χ4n) is 4.38. The lowest BCUT2D eigenvalue weighted by molar-refractivity contribution is -0.119. The topological polar surface area (TPSA) is 37.4 Å². The average Bonchev–Trinajstić information content (AvgIpc) is 2.70. The van der Waals surface area contributed by atoms with Crippen LogP contribution in [-0.2, 0) is 16.0 Å². The second kappa shape index (κ2) is 7.56. The Morgan fingerprint density at radius 2 is 1.82 bits per heavy atom. The van der Waals surface area contributed by atoms with E-state index in [-0.39, 0.29) is 17.6 Å². The van der Waals surface area contributed by atoms with Crippen molar-refractivity contribution in [2.45, 2.75) is 51.9 Å². The Bertz CT molecular complexity index is 975. The second-order valence-corrected chi connectivity index (χ2v) is 8.01. The average molecular weight is 394 g/mol. The van der Waals surface area contributed by atoms with Crippen LogP contribution >= 0.6 is 11.6 Å². The van der Waals surface area contributed by atoms with Crippen molar-refractivity contribution in [3.8, 4) is 0 Å². The van der Waals surface area contributed by atoms with Crippen molar-refractivity contribution >= 4 is 29.0 Å². The Morgan fingerprint density at radius 1 is 1.07 bits per heavy atom. The van der Waals surface area contributed by atoms with Gasteiger partial charge in [0.2, 0.25) is 5.91 Å². The van der Waals surface area contributed by atoms with Crippen molar-refractivity contribution in [1.29, 1.82) is 0 Å².